The van der Waals surface area contributed by atoms with Gasteiger partial charge in [-0.3, -0.25) is 4.79 Å². The van der Waals surface area contributed by atoms with Crippen LogP contribution in [0, 0.1) is 17.2 Å². The van der Waals surface area contributed by atoms with E-state index in [1.54, 1.807) is 6.07 Å². The van der Waals surface area contributed by atoms with Crippen molar-refractivity contribution < 1.29 is 4.79 Å². The lowest BCUT2D eigenvalue weighted by Gasteiger charge is -2.06. The van der Waals surface area contributed by atoms with E-state index < -0.39 is 0 Å². The Labute approximate surface area is 107 Å². The van der Waals surface area contributed by atoms with Crippen LogP contribution in [0.1, 0.15) is 24.0 Å². The molecular weight excluding hydrogens is 226 g/mol. The van der Waals surface area contributed by atoms with E-state index >= 15 is 0 Å². The van der Waals surface area contributed by atoms with Gasteiger partial charge in [0.1, 0.15) is 0 Å². The number of nitriles is 1. The van der Waals surface area contributed by atoms with E-state index in [1.165, 1.54) is 12.8 Å². The average molecular weight is 243 g/mol. The van der Waals surface area contributed by atoms with Crippen molar-refractivity contribution >= 4 is 5.91 Å². The van der Waals surface area contributed by atoms with Crippen molar-refractivity contribution in [3.05, 3.63) is 35.4 Å². The number of benzene rings is 1. The number of amides is 1. The van der Waals surface area contributed by atoms with E-state index in [2.05, 4.69) is 16.7 Å². The smallest absolute Gasteiger partial charge is 0.233 e. The van der Waals surface area contributed by atoms with Gasteiger partial charge in [-0.15, -0.1) is 0 Å². The van der Waals surface area contributed by atoms with E-state index in [0.29, 0.717) is 24.6 Å². The minimum absolute atomic E-state index is 0.0401. The van der Waals surface area contributed by atoms with Crippen molar-refractivity contribution in [1.82, 2.24) is 10.6 Å². The Balaban J connectivity index is 1.67. The zero-order chi connectivity index (χ0) is 12.8. The van der Waals surface area contributed by atoms with Crippen LogP contribution in [-0.4, -0.2) is 19.0 Å². The third-order valence-corrected chi connectivity index (χ3v) is 2.96. The van der Waals surface area contributed by atoms with Crippen molar-refractivity contribution in [2.45, 2.75) is 19.4 Å². The number of rotatable bonds is 6. The molecule has 0 radical (unpaired) electrons. The number of hydrogen-bond donors (Lipinski definition) is 2. The van der Waals surface area contributed by atoms with Crippen LogP contribution in [0.2, 0.25) is 0 Å². The van der Waals surface area contributed by atoms with E-state index in [4.69, 9.17) is 5.26 Å². The van der Waals surface area contributed by atoms with Crippen LogP contribution in [0.15, 0.2) is 24.3 Å². The molecule has 1 amide bonds. The predicted molar refractivity (Wildman–Crippen MR) is 68.6 cm³/mol. The molecule has 0 aromatic heterocycles. The molecule has 2 N–H and O–H groups in total. The first-order valence-corrected chi connectivity index (χ1v) is 6.24. The molecule has 0 atom stereocenters. The van der Waals surface area contributed by atoms with Crippen LogP contribution in [0.3, 0.4) is 0 Å². The summed E-state index contributed by atoms with van der Waals surface area (Å²) in [6.07, 6.45) is 2.49. The third-order valence-electron chi connectivity index (χ3n) is 2.96. The Morgan fingerprint density at radius 2 is 2.28 bits per heavy atom. The Morgan fingerprint density at radius 1 is 1.44 bits per heavy atom. The first-order chi connectivity index (χ1) is 8.78. The minimum Gasteiger partial charge on any atom is -0.355 e. The third kappa shape index (κ3) is 4.19. The molecule has 4 heteroatoms. The van der Waals surface area contributed by atoms with E-state index in [9.17, 15) is 4.79 Å². The molecule has 4 nitrogen and oxygen atoms in total. The molecule has 1 saturated carbocycles. The Morgan fingerprint density at radius 3 is 3.00 bits per heavy atom. The summed E-state index contributed by atoms with van der Waals surface area (Å²) in [5, 5.41) is 14.7. The second-order valence-corrected chi connectivity index (χ2v) is 4.66. The molecule has 0 heterocycles. The van der Waals surface area contributed by atoms with Gasteiger partial charge in [0.2, 0.25) is 5.91 Å². The first-order valence-electron chi connectivity index (χ1n) is 6.24. The fourth-order valence-corrected chi connectivity index (χ4v) is 1.71. The van der Waals surface area contributed by atoms with Crippen LogP contribution in [0.5, 0.6) is 0 Å². The van der Waals surface area contributed by atoms with Gasteiger partial charge in [-0.2, -0.15) is 5.26 Å². The fraction of sp³-hybridized carbons (Fsp3) is 0.429. The maximum Gasteiger partial charge on any atom is 0.233 e. The number of hydrogen-bond acceptors (Lipinski definition) is 3. The second kappa shape index (κ2) is 6.18. The maximum absolute atomic E-state index is 11.5. The summed E-state index contributed by atoms with van der Waals surface area (Å²) in [6, 6.07) is 9.49. The van der Waals surface area contributed by atoms with Gasteiger partial charge >= 0.3 is 0 Å². The van der Waals surface area contributed by atoms with Crippen molar-refractivity contribution in [3.63, 3.8) is 0 Å². The lowest BCUT2D eigenvalue weighted by Crippen LogP contribution is -2.34. The van der Waals surface area contributed by atoms with E-state index in [1.807, 2.05) is 18.2 Å². The molecule has 1 aromatic rings. The van der Waals surface area contributed by atoms with E-state index in [-0.39, 0.29) is 5.91 Å². The summed E-state index contributed by atoms with van der Waals surface area (Å²) < 4.78 is 0. The highest BCUT2D eigenvalue weighted by Gasteiger charge is 2.21. The molecule has 1 fully saturated rings. The van der Waals surface area contributed by atoms with Crippen LogP contribution in [0.25, 0.3) is 0 Å². The first kappa shape index (κ1) is 12.6. The highest BCUT2D eigenvalue weighted by molar-refractivity contribution is 5.77. The van der Waals surface area contributed by atoms with Gasteiger partial charge < -0.3 is 10.6 Å². The largest absolute Gasteiger partial charge is 0.355 e. The molecule has 2 rings (SSSR count). The number of carbonyl (C=O) groups excluding carboxylic acids is 1. The van der Waals surface area contributed by atoms with Crippen molar-refractivity contribution in [1.29, 1.82) is 5.26 Å². The maximum atomic E-state index is 11.5. The SMILES string of the molecule is N#Cc1cccc(CNCC(=O)NCC2CC2)c1. The molecule has 0 spiro atoms. The monoisotopic (exact) mass is 243 g/mol. The van der Waals surface area contributed by atoms with Crippen molar-refractivity contribution in [3.8, 4) is 6.07 Å². The molecular formula is C14H17N3O. The summed E-state index contributed by atoms with van der Waals surface area (Å²) in [6.45, 7) is 1.74. The van der Waals surface area contributed by atoms with E-state index in [0.717, 1.165) is 12.1 Å². The summed E-state index contributed by atoms with van der Waals surface area (Å²) in [5.74, 6) is 0.750. The van der Waals surface area contributed by atoms with Gasteiger partial charge in [0.05, 0.1) is 18.2 Å². The molecule has 1 aliphatic rings. The van der Waals surface area contributed by atoms with Crippen LogP contribution >= 0.6 is 0 Å². The summed E-state index contributed by atoms with van der Waals surface area (Å²) >= 11 is 0. The zero-order valence-electron chi connectivity index (χ0n) is 10.3. The molecule has 1 aliphatic carbocycles. The van der Waals surface area contributed by atoms with Crippen molar-refractivity contribution in [2.75, 3.05) is 13.1 Å². The van der Waals surface area contributed by atoms with Crippen LogP contribution in [0.4, 0.5) is 0 Å². The molecule has 0 saturated heterocycles. The average Bonchev–Trinajstić information content (AvgIpc) is 3.21. The van der Waals surface area contributed by atoms with Gasteiger partial charge in [-0.25, -0.2) is 0 Å². The summed E-state index contributed by atoms with van der Waals surface area (Å²) in [5.41, 5.74) is 1.66. The Kier molecular flexibility index (Phi) is 4.32. The molecule has 1 aromatic carbocycles. The zero-order valence-corrected chi connectivity index (χ0v) is 10.3. The standard InChI is InChI=1S/C14H17N3O/c15-7-12-2-1-3-13(6-12)8-16-10-14(18)17-9-11-4-5-11/h1-3,6,11,16H,4-5,8-10H2,(H,17,18). The van der Waals surface area contributed by atoms with Crippen LogP contribution in [-0.2, 0) is 11.3 Å². The van der Waals surface area contributed by atoms with Gasteiger partial charge in [0.25, 0.3) is 0 Å². The topological polar surface area (TPSA) is 64.9 Å². The summed E-state index contributed by atoms with van der Waals surface area (Å²) in [4.78, 5) is 11.5. The number of nitrogens with zero attached hydrogens (tertiary/aromatic N) is 1. The second-order valence-electron chi connectivity index (χ2n) is 4.66. The van der Waals surface area contributed by atoms with Crippen LogP contribution < -0.4 is 10.6 Å². The Hall–Kier alpha value is -1.86. The molecule has 0 unspecified atom stereocenters. The van der Waals surface area contributed by atoms with Gasteiger partial charge in [-0.05, 0) is 36.5 Å². The molecule has 0 aliphatic heterocycles. The Bertz CT molecular complexity index is 460. The highest BCUT2D eigenvalue weighted by Crippen LogP contribution is 2.27. The van der Waals surface area contributed by atoms with Gasteiger partial charge in [0, 0.05) is 13.1 Å². The van der Waals surface area contributed by atoms with Gasteiger partial charge in [-0.1, -0.05) is 12.1 Å². The van der Waals surface area contributed by atoms with Gasteiger partial charge in [0.15, 0.2) is 0 Å². The number of carbonyl (C=O) groups is 1. The molecule has 0 bridgehead atoms. The normalized spacial score (nSPS) is 13.9. The molecule has 94 valence electrons. The lowest BCUT2D eigenvalue weighted by atomic mass is 10.1. The minimum atomic E-state index is 0.0401. The fourth-order valence-electron chi connectivity index (χ4n) is 1.71. The predicted octanol–water partition coefficient (Wildman–Crippen LogP) is 1.17. The quantitative estimate of drug-likeness (QED) is 0.788. The summed E-state index contributed by atoms with van der Waals surface area (Å²) in [7, 11) is 0. The highest BCUT2D eigenvalue weighted by atomic mass is 16.1. The lowest BCUT2D eigenvalue weighted by molar-refractivity contribution is -0.120. The number of nitrogens with one attached hydrogen (secondary N) is 2. The van der Waals surface area contributed by atoms with Crippen molar-refractivity contribution in [2.24, 2.45) is 5.92 Å². The molecule has 18 heavy (non-hydrogen) atoms.